The molecule has 10 heteroatoms. The number of carbonyl (C=O) groups is 1. The van der Waals surface area contributed by atoms with E-state index in [4.69, 9.17) is 4.74 Å². The van der Waals surface area contributed by atoms with Gasteiger partial charge in [0.15, 0.2) is 0 Å². The number of carbonyl (C=O) groups excluding carboxylic acids is 1. The van der Waals surface area contributed by atoms with Crippen LogP contribution in [0.5, 0.6) is 0 Å². The van der Waals surface area contributed by atoms with Crippen molar-refractivity contribution in [3.63, 3.8) is 0 Å². The lowest BCUT2D eigenvalue weighted by atomic mass is 9.80. The second kappa shape index (κ2) is 11.2. The summed E-state index contributed by atoms with van der Waals surface area (Å²) in [6.07, 6.45) is 4.84. The molecule has 2 N–H and O–H groups in total. The number of allylic oxidation sites excluding steroid dienone is 3. The average Bonchev–Trinajstić information content (AvgIpc) is 3.53. The van der Waals surface area contributed by atoms with Gasteiger partial charge in [-0.25, -0.2) is 17.6 Å². The topological polar surface area (TPSA) is 99.2 Å². The number of nitrogens with one attached hydrogen (secondary N) is 1. The van der Waals surface area contributed by atoms with Crippen LogP contribution in [0.1, 0.15) is 42.6 Å². The molecule has 3 aliphatic rings. The monoisotopic (exact) mass is 567 g/mol. The second-order valence-corrected chi connectivity index (χ2v) is 12.5. The van der Waals surface area contributed by atoms with Crippen molar-refractivity contribution in [2.75, 3.05) is 25.2 Å². The number of benzene rings is 2. The van der Waals surface area contributed by atoms with Crippen molar-refractivity contribution in [1.82, 2.24) is 9.73 Å². The van der Waals surface area contributed by atoms with Crippen molar-refractivity contribution in [2.45, 2.75) is 38.5 Å². The number of methoxy groups -OCH3 is 1. The minimum atomic E-state index is -3.88. The molecule has 3 atom stereocenters. The number of hydrogen-bond acceptors (Lipinski definition) is 7. The molecular formula is C30H34FN3O5S. The third-order valence-electron chi connectivity index (χ3n) is 7.83. The standard InChI is InChI=1S/C30H34FN3O5S/c1-19(35)16-33(40(37,38)18-23-6-4-5-7-26(23)30(36)39-3)17-22-9-8-21-14-28-27(20(2)29(21)22)15-32-34(28)25-12-10-24(31)11-13-25/h4-7,10-15,19-20,22,32,35H,8-9,16-18H2,1-3H3/t19-,20+,22-/m1/s1. The fourth-order valence-corrected chi connectivity index (χ4v) is 7.67. The highest BCUT2D eigenvalue weighted by Gasteiger charge is 2.40. The number of fused-ring (bicyclic) bond motifs is 1. The Bertz CT molecular complexity index is 1500. The van der Waals surface area contributed by atoms with Gasteiger partial charge in [-0.05, 0) is 73.2 Å². The minimum absolute atomic E-state index is 0.0204. The number of sulfonamides is 1. The first-order valence-corrected chi connectivity index (χ1v) is 15.0. The molecule has 0 aromatic heterocycles. The first-order valence-electron chi connectivity index (χ1n) is 13.4. The number of hydrogen-bond donors (Lipinski definition) is 2. The van der Waals surface area contributed by atoms with E-state index < -0.39 is 22.1 Å². The van der Waals surface area contributed by atoms with E-state index >= 15 is 0 Å². The van der Waals surface area contributed by atoms with Crippen LogP contribution in [0.25, 0.3) is 0 Å². The van der Waals surface area contributed by atoms with E-state index in [1.54, 1.807) is 43.3 Å². The second-order valence-electron chi connectivity index (χ2n) is 10.6. The van der Waals surface area contributed by atoms with Crippen LogP contribution in [0.4, 0.5) is 10.1 Å². The number of nitrogens with zero attached hydrogens (tertiary/aromatic N) is 2. The minimum Gasteiger partial charge on any atom is -0.465 e. The Kier molecular flexibility index (Phi) is 7.85. The fourth-order valence-electron chi connectivity index (χ4n) is 5.99. The van der Waals surface area contributed by atoms with Gasteiger partial charge in [0.05, 0.1) is 35.9 Å². The van der Waals surface area contributed by atoms with E-state index in [0.717, 1.165) is 29.8 Å². The number of anilines is 1. The molecule has 0 fully saturated rings. The Hall–Kier alpha value is -3.47. The van der Waals surface area contributed by atoms with Crippen molar-refractivity contribution in [1.29, 1.82) is 0 Å². The van der Waals surface area contributed by atoms with Crippen LogP contribution in [-0.2, 0) is 20.5 Å². The van der Waals surface area contributed by atoms with Gasteiger partial charge in [0.1, 0.15) is 5.82 Å². The molecule has 40 heavy (non-hydrogen) atoms. The SMILES string of the molecule is COC(=O)c1ccccc1CS(=O)(=O)N(C[C@H]1CCC2=C1[C@@H](C)C1=CNN(c3ccc(F)cc3)C1=C2)C[C@@H](C)O. The molecule has 0 saturated heterocycles. The first kappa shape index (κ1) is 28.1. The third kappa shape index (κ3) is 5.43. The summed E-state index contributed by atoms with van der Waals surface area (Å²) in [5.74, 6) is -1.23. The molecule has 0 radical (unpaired) electrons. The Labute approximate surface area is 234 Å². The summed E-state index contributed by atoms with van der Waals surface area (Å²) in [6, 6.07) is 12.8. The highest BCUT2D eigenvalue weighted by molar-refractivity contribution is 7.88. The molecule has 0 spiro atoms. The highest BCUT2D eigenvalue weighted by Crippen LogP contribution is 2.48. The molecule has 2 aromatic carbocycles. The predicted molar refractivity (Wildman–Crippen MR) is 151 cm³/mol. The zero-order valence-corrected chi connectivity index (χ0v) is 23.6. The number of aliphatic hydroxyl groups is 1. The zero-order chi connectivity index (χ0) is 28.6. The molecule has 2 aromatic rings. The summed E-state index contributed by atoms with van der Waals surface area (Å²) in [5.41, 5.74) is 9.17. The van der Waals surface area contributed by atoms with E-state index in [2.05, 4.69) is 18.4 Å². The quantitative estimate of drug-likeness (QED) is 0.437. The van der Waals surface area contributed by atoms with Gasteiger partial charge in [-0.1, -0.05) is 30.7 Å². The largest absolute Gasteiger partial charge is 0.465 e. The average molecular weight is 568 g/mol. The van der Waals surface area contributed by atoms with Crippen LogP contribution in [0, 0.1) is 17.7 Å². The summed E-state index contributed by atoms with van der Waals surface area (Å²) in [4.78, 5) is 12.2. The van der Waals surface area contributed by atoms with E-state index in [1.165, 1.54) is 34.7 Å². The van der Waals surface area contributed by atoms with Crippen LogP contribution in [-0.4, -0.2) is 50.1 Å². The Morgan fingerprint density at radius 2 is 1.95 bits per heavy atom. The molecule has 0 unspecified atom stereocenters. The maximum atomic E-state index is 13.7. The van der Waals surface area contributed by atoms with Gasteiger partial charge >= 0.3 is 5.97 Å². The highest BCUT2D eigenvalue weighted by atomic mass is 32.2. The van der Waals surface area contributed by atoms with E-state index in [9.17, 15) is 22.7 Å². The van der Waals surface area contributed by atoms with Crippen LogP contribution in [0.15, 0.2) is 83.2 Å². The smallest absolute Gasteiger partial charge is 0.338 e. The molecule has 212 valence electrons. The molecule has 0 saturated carbocycles. The van der Waals surface area contributed by atoms with Gasteiger partial charge in [0.25, 0.3) is 0 Å². The molecule has 2 aliphatic carbocycles. The van der Waals surface area contributed by atoms with Crippen molar-refractivity contribution < 1.29 is 27.4 Å². The number of esters is 1. The van der Waals surface area contributed by atoms with Crippen molar-refractivity contribution >= 4 is 21.7 Å². The van der Waals surface area contributed by atoms with E-state index in [0.29, 0.717) is 5.56 Å². The molecule has 1 heterocycles. The number of ether oxygens (including phenoxy) is 1. The van der Waals surface area contributed by atoms with Gasteiger partial charge in [-0.15, -0.1) is 0 Å². The lowest BCUT2D eigenvalue weighted by molar-refractivity contribution is 0.0599. The third-order valence-corrected chi connectivity index (χ3v) is 9.59. The molecule has 5 rings (SSSR count). The van der Waals surface area contributed by atoms with Crippen molar-refractivity contribution in [3.8, 4) is 0 Å². The van der Waals surface area contributed by atoms with Crippen LogP contribution in [0.2, 0.25) is 0 Å². The molecule has 0 amide bonds. The number of aliphatic hydroxyl groups excluding tert-OH is 1. The molecule has 1 aliphatic heterocycles. The molecular weight excluding hydrogens is 533 g/mol. The maximum Gasteiger partial charge on any atom is 0.338 e. The normalized spacial score (nSPS) is 21.0. The van der Waals surface area contributed by atoms with Gasteiger partial charge in [0.2, 0.25) is 10.0 Å². The van der Waals surface area contributed by atoms with Gasteiger partial charge < -0.3 is 15.3 Å². The van der Waals surface area contributed by atoms with Gasteiger partial charge in [-0.2, -0.15) is 4.31 Å². The lowest BCUT2D eigenvalue weighted by Crippen LogP contribution is -2.41. The van der Waals surface area contributed by atoms with Gasteiger partial charge in [-0.3, -0.25) is 5.01 Å². The van der Waals surface area contributed by atoms with Crippen molar-refractivity contribution in [2.24, 2.45) is 11.8 Å². The number of rotatable bonds is 9. The molecule has 8 nitrogen and oxygen atoms in total. The molecule has 0 bridgehead atoms. The van der Waals surface area contributed by atoms with E-state index in [-0.39, 0.29) is 42.1 Å². The first-order chi connectivity index (χ1) is 19.1. The Balaban J connectivity index is 1.41. The number of halogens is 1. The van der Waals surface area contributed by atoms with Crippen LogP contribution in [0.3, 0.4) is 0 Å². The summed E-state index contributed by atoms with van der Waals surface area (Å²) in [5, 5.41) is 12.2. The summed E-state index contributed by atoms with van der Waals surface area (Å²) in [7, 11) is -2.62. The van der Waals surface area contributed by atoms with Crippen LogP contribution >= 0.6 is 0 Å². The summed E-state index contributed by atoms with van der Waals surface area (Å²) >= 11 is 0. The Morgan fingerprint density at radius 3 is 2.65 bits per heavy atom. The number of hydrazine groups is 1. The van der Waals surface area contributed by atoms with E-state index in [1.807, 2.05) is 11.2 Å². The summed E-state index contributed by atoms with van der Waals surface area (Å²) < 4.78 is 47.1. The van der Waals surface area contributed by atoms with Crippen molar-refractivity contribution in [3.05, 3.63) is 100 Å². The lowest BCUT2D eigenvalue weighted by Gasteiger charge is -2.32. The van der Waals surface area contributed by atoms with Gasteiger partial charge in [0, 0.05) is 30.8 Å². The summed E-state index contributed by atoms with van der Waals surface area (Å²) in [6.45, 7) is 3.90. The van der Waals surface area contributed by atoms with Crippen LogP contribution < -0.4 is 10.4 Å². The zero-order valence-electron chi connectivity index (χ0n) is 22.8. The maximum absolute atomic E-state index is 13.7. The Morgan fingerprint density at radius 1 is 1.23 bits per heavy atom. The predicted octanol–water partition coefficient (Wildman–Crippen LogP) is 4.27. The fraction of sp³-hybridized carbons (Fsp3) is 0.367.